The topological polar surface area (TPSA) is 75.7 Å². The number of imide groups is 1. The SMILES string of the molecule is COC(=O)[C@@H]1NC(c2ccccc2)(c2ccccc2)[C@@H]2C(=O)N(c3ccccc3)C(=O)[C@@H]21. The van der Waals surface area contributed by atoms with Crippen molar-refractivity contribution in [2.75, 3.05) is 12.0 Å². The maximum Gasteiger partial charge on any atom is 0.323 e. The number of carbonyl (C=O) groups is 3. The van der Waals surface area contributed by atoms with Crippen molar-refractivity contribution in [1.82, 2.24) is 5.32 Å². The first-order chi connectivity index (χ1) is 15.6. The lowest BCUT2D eigenvalue weighted by molar-refractivity contribution is -0.145. The number of benzene rings is 3. The molecule has 2 saturated heterocycles. The molecule has 2 heterocycles. The highest BCUT2D eigenvalue weighted by molar-refractivity contribution is 6.24. The molecule has 2 aliphatic heterocycles. The van der Waals surface area contributed by atoms with Crippen LogP contribution in [-0.2, 0) is 24.7 Å². The van der Waals surface area contributed by atoms with E-state index in [9.17, 15) is 14.4 Å². The highest BCUT2D eigenvalue weighted by atomic mass is 16.5. The number of rotatable bonds is 4. The van der Waals surface area contributed by atoms with Gasteiger partial charge in [-0.25, -0.2) is 4.90 Å². The zero-order valence-corrected chi connectivity index (χ0v) is 17.5. The Bertz CT molecular complexity index is 1120. The molecular weight excluding hydrogens is 404 g/mol. The molecule has 0 bridgehead atoms. The van der Waals surface area contributed by atoms with E-state index in [1.54, 1.807) is 24.3 Å². The molecule has 0 saturated carbocycles. The number of hydrogen-bond donors (Lipinski definition) is 1. The van der Waals surface area contributed by atoms with E-state index >= 15 is 0 Å². The van der Waals surface area contributed by atoms with Crippen LogP contribution in [0.3, 0.4) is 0 Å². The van der Waals surface area contributed by atoms with Gasteiger partial charge in [0.25, 0.3) is 0 Å². The quantitative estimate of drug-likeness (QED) is 0.513. The fraction of sp³-hybridized carbons (Fsp3) is 0.192. The van der Waals surface area contributed by atoms with Gasteiger partial charge in [0, 0.05) is 0 Å². The molecular formula is C26H22N2O4. The van der Waals surface area contributed by atoms with Crippen molar-refractivity contribution >= 4 is 23.5 Å². The smallest absolute Gasteiger partial charge is 0.323 e. The molecule has 6 nitrogen and oxygen atoms in total. The summed E-state index contributed by atoms with van der Waals surface area (Å²) in [6, 6.07) is 26.9. The third-order valence-electron chi connectivity index (χ3n) is 6.49. The Kier molecular flexibility index (Phi) is 4.87. The number of para-hydroxylation sites is 1. The fourth-order valence-electron chi connectivity index (χ4n) is 5.17. The summed E-state index contributed by atoms with van der Waals surface area (Å²) in [6.45, 7) is 0. The van der Waals surface area contributed by atoms with Gasteiger partial charge in [-0.1, -0.05) is 78.9 Å². The number of fused-ring (bicyclic) bond motifs is 1. The molecule has 2 fully saturated rings. The molecule has 6 heteroatoms. The van der Waals surface area contributed by atoms with Crippen LogP contribution in [0, 0.1) is 11.8 Å². The number of hydrogen-bond acceptors (Lipinski definition) is 5. The van der Waals surface area contributed by atoms with Crippen molar-refractivity contribution in [2.45, 2.75) is 11.6 Å². The van der Waals surface area contributed by atoms with Crippen molar-refractivity contribution < 1.29 is 19.1 Å². The Hall–Kier alpha value is -3.77. The molecule has 1 N–H and O–H groups in total. The first-order valence-corrected chi connectivity index (χ1v) is 10.5. The second-order valence-corrected chi connectivity index (χ2v) is 8.04. The van der Waals surface area contributed by atoms with Crippen LogP contribution in [0.4, 0.5) is 5.69 Å². The molecule has 3 aromatic rings. The van der Waals surface area contributed by atoms with E-state index in [0.29, 0.717) is 5.69 Å². The molecule has 2 amide bonds. The molecule has 0 unspecified atom stereocenters. The van der Waals surface area contributed by atoms with Crippen LogP contribution in [0.25, 0.3) is 0 Å². The highest BCUT2D eigenvalue weighted by Crippen LogP contribution is 2.52. The van der Waals surface area contributed by atoms with Crippen molar-refractivity contribution in [1.29, 1.82) is 0 Å². The van der Waals surface area contributed by atoms with Gasteiger partial charge in [-0.2, -0.15) is 0 Å². The molecule has 3 aromatic carbocycles. The lowest BCUT2D eigenvalue weighted by Gasteiger charge is -2.36. The van der Waals surface area contributed by atoms with Crippen LogP contribution in [0.2, 0.25) is 0 Å². The van der Waals surface area contributed by atoms with Crippen molar-refractivity contribution in [2.24, 2.45) is 11.8 Å². The number of methoxy groups -OCH3 is 1. The van der Waals surface area contributed by atoms with E-state index in [2.05, 4.69) is 5.32 Å². The van der Waals surface area contributed by atoms with E-state index in [0.717, 1.165) is 11.1 Å². The number of ether oxygens (including phenoxy) is 1. The molecule has 0 aliphatic carbocycles. The Morgan fingerprint density at radius 3 is 1.81 bits per heavy atom. The van der Waals surface area contributed by atoms with Crippen molar-refractivity contribution in [3.8, 4) is 0 Å². The standard InChI is InChI=1S/C26H22N2O4/c1-32-25(31)22-20-21(24(30)28(23(20)29)19-15-9-4-10-16-19)26(27-22,17-11-5-2-6-12-17)18-13-7-3-8-14-18/h2-16,20-22,27H,1H3/t20-,21-,22+/m0/s1. The van der Waals surface area contributed by atoms with Gasteiger partial charge in [-0.3, -0.25) is 19.7 Å². The Balaban J connectivity index is 1.76. The zero-order valence-electron chi connectivity index (χ0n) is 17.5. The molecule has 160 valence electrons. The van der Waals surface area contributed by atoms with Gasteiger partial charge in [-0.05, 0) is 23.3 Å². The molecule has 32 heavy (non-hydrogen) atoms. The summed E-state index contributed by atoms with van der Waals surface area (Å²) in [5.41, 5.74) is 1.05. The van der Waals surface area contributed by atoms with Crippen LogP contribution in [0.5, 0.6) is 0 Å². The van der Waals surface area contributed by atoms with Gasteiger partial charge in [-0.15, -0.1) is 0 Å². The molecule has 3 atom stereocenters. The van der Waals surface area contributed by atoms with Crippen LogP contribution in [0.15, 0.2) is 91.0 Å². The Labute approximate surface area is 185 Å². The molecule has 5 rings (SSSR count). The summed E-state index contributed by atoms with van der Waals surface area (Å²) < 4.78 is 5.05. The summed E-state index contributed by atoms with van der Waals surface area (Å²) in [5.74, 6) is -3.01. The summed E-state index contributed by atoms with van der Waals surface area (Å²) >= 11 is 0. The predicted molar refractivity (Wildman–Crippen MR) is 119 cm³/mol. The fourth-order valence-corrected chi connectivity index (χ4v) is 5.17. The van der Waals surface area contributed by atoms with Gasteiger partial charge in [0.05, 0.1) is 30.2 Å². The average molecular weight is 426 g/mol. The molecule has 0 radical (unpaired) electrons. The van der Waals surface area contributed by atoms with E-state index in [-0.39, 0.29) is 5.91 Å². The normalized spacial score (nSPS) is 23.8. The van der Waals surface area contributed by atoms with E-state index in [1.807, 2.05) is 66.7 Å². The van der Waals surface area contributed by atoms with Crippen molar-refractivity contribution in [3.05, 3.63) is 102 Å². The first kappa shape index (κ1) is 20.2. The average Bonchev–Trinajstić information content (AvgIpc) is 3.35. The van der Waals surface area contributed by atoms with Crippen LogP contribution >= 0.6 is 0 Å². The summed E-state index contributed by atoms with van der Waals surface area (Å²) in [6.07, 6.45) is 0. The predicted octanol–water partition coefficient (Wildman–Crippen LogP) is 2.88. The summed E-state index contributed by atoms with van der Waals surface area (Å²) in [4.78, 5) is 41.6. The summed E-state index contributed by atoms with van der Waals surface area (Å²) in [5, 5.41) is 3.38. The minimum Gasteiger partial charge on any atom is -0.468 e. The van der Waals surface area contributed by atoms with Crippen LogP contribution in [-0.4, -0.2) is 30.9 Å². The highest BCUT2D eigenvalue weighted by Gasteiger charge is 2.68. The maximum atomic E-state index is 13.9. The third kappa shape index (κ3) is 2.80. The second-order valence-electron chi connectivity index (χ2n) is 8.04. The van der Waals surface area contributed by atoms with Crippen LogP contribution < -0.4 is 10.2 Å². The lowest BCUT2D eigenvalue weighted by atomic mass is 9.72. The Morgan fingerprint density at radius 2 is 1.31 bits per heavy atom. The van der Waals surface area contributed by atoms with Crippen molar-refractivity contribution in [3.63, 3.8) is 0 Å². The van der Waals surface area contributed by atoms with Gasteiger partial charge in [0.2, 0.25) is 11.8 Å². The minimum atomic E-state index is -1.07. The lowest BCUT2D eigenvalue weighted by Crippen LogP contribution is -2.51. The molecule has 2 aliphatic rings. The minimum absolute atomic E-state index is 0.335. The number of amides is 2. The van der Waals surface area contributed by atoms with Crippen LogP contribution in [0.1, 0.15) is 11.1 Å². The number of nitrogens with zero attached hydrogens (tertiary/aromatic N) is 1. The Morgan fingerprint density at radius 1 is 0.812 bits per heavy atom. The van der Waals surface area contributed by atoms with Gasteiger partial charge < -0.3 is 4.74 Å². The molecule has 0 spiro atoms. The van der Waals surface area contributed by atoms with Gasteiger partial charge in [0.1, 0.15) is 6.04 Å². The largest absolute Gasteiger partial charge is 0.468 e. The number of nitrogens with one attached hydrogen (secondary N) is 1. The maximum absolute atomic E-state index is 13.9. The third-order valence-corrected chi connectivity index (χ3v) is 6.49. The second kappa shape index (κ2) is 7.73. The number of carbonyl (C=O) groups excluding carboxylic acids is 3. The van der Waals surface area contributed by atoms with Gasteiger partial charge >= 0.3 is 5.97 Å². The van der Waals surface area contributed by atoms with Gasteiger partial charge in [0.15, 0.2) is 0 Å². The number of anilines is 1. The van der Waals surface area contributed by atoms with E-state index < -0.39 is 35.3 Å². The first-order valence-electron chi connectivity index (χ1n) is 10.5. The zero-order chi connectivity index (χ0) is 22.3. The number of esters is 1. The van der Waals surface area contributed by atoms with E-state index in [1.165, 1.54) is 12.0 Å². The summed E-state index contributed by atoms with van der Waals surface area (Å²) in [7, 11) is 1.29. The monoisotopic (exact) mass is 426 g/mol. The molecule has 0 aromatic heterocycles. The van der Waals surface area contributed by atoms with E-state index in [4.69, 9.17) is 4.74 Å².